The molecule has 1 fully saturated rings. The second kappa shape index (κ2) is 9.50. The first kappa shape index (κ1) is 18.6. The third-order valence-electron chi connectivity index (χ3n) is 4.40. The lowest BCUT2D eigenvalue weighted by Crippen LogP contribution is -2.20. The Hall–Kier alpha value is -2.18. The predicted octanol–water partition coefficient (Wildman–Crippen LogP) is 3.10. The Bertz CT molecular complexity index is 671. The molecule has 0 unspecified atom stereocenters. The molecule has 1 aliphatic rings. The number of benzene rings is 1. The summed E-state index contributed by atoms with van der Waals surface area (Å²) in [6, 6.07) is 12.2. The van der Waals surface area contributed by atoms with Crippen molar-refractivity contribution in [1.82, 2.24) is 14.9 Å². The first-order valence-electron chi connectivity index (χ1n) is 9.39. The molecule has 140 valence electrons. The average molecular weight is 355 g/mol. The van der Waals surface area contributed by atoms with Crippen LogP contribution in [0.15, 0.2) is 36.4 Å². The lowest BCUT2D eigenvalue weighted by Gasteiger charge is -2.14. The van der Waals surface area contributed by atoms with Crippen LogP contribution in [0.3, 0.4) is 0 Å². The van der Waals surface area contributed by atoms with Gasteiger partial charge in [0.2, 0.25) is 5.95 Å². The maximum atomic E-state index is 5.70. The zero-order valence-electron chi connectivity index (χ0n) is 15.7. The summed E-state index contributed by atoms with van der Waals surface area (Å²) >= 11 is 0. The summed E-state index contributed by atoms with van der Waals surface area (Å²) < 4.78 is 5.70. The van der Waals surface area contributed by atoms with E-state index >= 15 is 0 Å². The van der Waals surface area contributed by atoms with Gasteiger partial charge >= 0.3 is 0 Å². The Balaban J connectivity index is 1.70. The van der Waals surface area contributed by atoms with Crippen molar-refractivity contribution in [2.75, 3.05) is 51.0 Å². The molecule has 6 heteroatoms. The molecule has 1 saturated heterocycles. The number of rotatable bonds is 9. The normalized spacial score (nSPS) is 16.8. The zero-order chi connectivity index (χ0) is 18.2. The largest absolute Gasteiger partial charge is 0.376 e. The van der Waals surface area contributed by atoms with Crippen LogP contribution in [-0.4, -0.2) is 61.3 Å². The monoisotopic (exact) mass is 355 g/mol. The fraction of sp³-hybridized carbons (Fsp3) is 0.500. The van der Waals surface area contributed by atoms with Gasteiger partial charge in [-0.05, 0) is 39.9 Å². The van der Waals surface area contributed by atoms with Gasteiger partial charge in [0.25, 0.3) is 0 Å². The van der Waals surface area contributed by atoms with Gasteiger partial charge in [0, 0.05) is 31.3 Å². The highest BCUT2D eigenvalue weighted by Gasteiger charge is 2.15. The highest BCUT2D eigenvalue weighted by atomic mass is 16.5. The van der Waals surface area contributed by atoms with E-state index in [1.54, 1.807) is 0 Å². The summed E-state index contributed by atoms with van der Waals surface area (Å²) in [5.74, 6) is 1.50. The van der Waals surface area contributed by atoms with Crippen LogP contribution >= 0.6 is 0 Å². The number of aromatic nitrogens is 2. The summed E-state index contributed by atoms with van der Waals surface area (Å²) in [6.45, 7) is 3.53. The molecule has 1 aromatic carbocycles. The molecule has 0 saturated carbocycles. The fourth-order valence-corrected chi connectivity index (χ4v) is 2.99. The Labute approximate surface area is 156 Å². The van der Waals surface area contributed by atoms with Crippen LogP contribution in [0.1, 0.15) is 19.3 Å². The van der Waals surface area contributed by atoms with Crippen molar-refractivity contribution in [3.63, 3.8) is 0 Å². The quantitative estimate of drug-likeness (QED) is 0.674. The summed E-state index contributed by atoms with van der Waals surface area (Å²) in [4.78, 5) is 11.5. The number of hydrogen-bond donors (Lipinski definition) is 2. The van der Waals surface area contributed by atoms with Crippen molar-refractivity contribution in [3.05, 3.63) is 36.4 Å². The minimum Gasteiger partial charge on any atom is -0.376 e. The zero-order valence-corrected chi connectivity index (χ0v) is 15.7. The number of hydrogen-bond acceptors (Lipinski definition) is 6. The fourth-order valence-electron chi connectivity index (χ4n) is 2.99. The number of nitrogens with zero attached hydrogens (tertiary/aromatic N) is 3. The maximum absolute atomic E-state index is 5.70. The van der Waals surface area contributed by atoms with Crippen molar-refractivity contribution in [1.29, 1.82) is 0 Å². The Morgan fingerprint density at radius 3 is 2.73 bits per heavy atom. The van der Waals surface area contributed by atoms with Crippen molar-refractivity contribution in [2.24, 2.45) is 0 Å². The van der Waals surface area contributed by atoms with Gasteiger partial charge in [-0.3, -0.25) is 0 Å². The minimum atomic E-state index is 0.279. The highest BCUT2D eigenvalue weighted by molar-refractivity contribution is 5.64. The Kier molecular flexibility index (Phi) is 6.80. The molecule has 6 nitrogen and oxygen atoms in total. The minimum absolute atomic E-state index is 0.279. The molecule has 2 heterocycles. The van der Waals surface area contributed by atoms with Gasteiger partial charge in [0.15, 0.2) is 0 Å². The molecule has 2 aromatic rings. The number of anilines is 2. The van der Waals surface area contributed by atoms with Crippen LogP contribution < -0.4 is 10.6 Å². The van der Waals surface area contributed by atoms with Gasteiger partial charge in [-0.2, -0.15) is 4.98 Å². The van der Waals surface area contributed by atoms with Crippen LogP contribution in [0, 0.1) is 0 Å². The van der Waals surface area contributed by atoms with Crippen molar-refractivity contribution >= 4 is 11.8 Å². The molecule has 3 rings (SSSR count). The van der Waals surface area contributed by atoms with E-state index in [2.05, 4.69) is 46.7 Å². The summed E-state index contributed by atoms with van der Waals surface area (Å²) in [6.07, 6.45) is 3.58. The molecule has 0 radical (unpaired) electrons. The smallest absolute Gasteiger partial charge is 0.225 e. The maximum Gasteiger partial charge on any atom is 0.225 e. The van der Waals surface area contributed by atoms with Crippen LogP contribution in [-0.2, 0) is 4.74 Å². The van der Waals surface area contributed by atoms with E-state index in [4.69, 9.17) is 9.72 Å². The van der Waals surface area contributed by atoms with E-state index in [1.807, 2.05) is 24.3 Å². The topological polar surface area (TPSA) is 62.3 Å². The van der Waals surface area contributed by atoms with E-state index in [0.29, 0.717) is 5.95 Å². The molecular formula is C20H29N5O. The number of nitrogens with one attached hydrogen (secondary N) is 2. The van der Waals surface area contributed by atoms with Crippen LogP contribution in [0.25, 0.3) is 11.3 Å². The molecule has 0 amide bonds. The molecule has 1 aromatic heterocycles. The van der Waals surface area contributed by atoms with E-state index in [-0.39, 0.29) is 6.10 Å². The van der Waals surface area contributed by atoms with Crippen molar-refractivity contribution < 1.29 is 4.74 Å². The van der Waals surface area contributed by atoms with Gasteiger partial charge < -0.3 is 20.3 Å². The van der Waals surface area contributed by atoms with E-state index < -0.39 is 0 Å². The SMILES string of the molecule is CN(C)CCCNc1nc(NC[C@@H]2CCCO2)cc(-c2ccccc2)n1. The second-order valence-corrected chi connectivity index (χ2v) is 6.93. The first-order chi connectivity index (χ1) is 12.7. The van der Waals surface area contributed by atoms with Gasteiger partial charge in [0.1, 0.15) is 5.82 Å². The van der Waals surface area contributed by atoms with Crippen molar-refractivity contribution in [3.8, 4) is 11.3 Å². The molecule has 0 spiro atoms. The third-order valence-corrected chi connectivity index (χ3v) is 4.40. The van der Waals surface area contributed by atoms with Gasteiger partial charge in [-0.15, -0.1) is 0 Å². The predicted molar refractivity (Wildman–Crippen MR) is 107 cm³/mol. The third kappa shape index (κ3) is 5.68. The summed E-state index contributed by atoms with van der Waals surface area (Å²) in [5.41, 5.74) is 2.01. The summed E-state index contributed by atoms with van der Waals surface area (Å²) in [5, 5.41) is 6.78. The lowest BCUT2D eigenvalue weighted by atomic mass is 10.1. The molecule has 26 heavy (non-hydrogen) atoms. The van der Waals surface area contributed by atoms with Crippen LogP contribution in [0.5, 0.6) is 0 Å². The van der Waals surface area contributed by atoms with E-state index in [0.717, 1.165) is 62.6 Å². The number of ether oxygens (including phenoxy) is 1. The van der Waals surface area contributed by atoms with Crippen LogP contribution in [0.4, 0.5) is 11.8 Å². The molecular weight excluding hydrogens is 326 g/mol. The highest BCUT2D eigenvalue weighted by Crippen LogP contribution is 2.22. The second-order valence-electron chi connectivity index (χ2n) is 6.93. The standard InChI is InChI=1S/C20H29N5O/c1-25(2)12-7-11-21-20-23-18(16-8-4-3-5-9-16)14-19(24-20)22-15-17-10-6-13-26-17/h3-5,8-9,14,17H,6-7,10-13,15H2,1-2H3,(H2,21,22,23,24)/t17-/m0/s1. The first-order valence-corrected chi connectivity index (χ1v) is 9.39. The molecule has 0 bridgehead atoms. The van der Waals surface area contributed by atoms with E-state index in [9.17, 15) is 0 Å². The molecule has 1 atom stereocenters. The Morgan fingerprint density at radius 1 is 1.15 bits per heavy atom. The Morgan fingerprint density at radius 2 is 2.00 bits per heavy atom. The molecule has 0 aliphatic carbocycles. The average Bonchev–Trinajstić information content (AvgIpc) is 3.18. The van der Waals surface area contributed by atoms with Crippen molar-refractivity contribution in [2.45, 2.75) is 25.4 Å². The molecule has 1 aliphatic heterocycles. The van der Waals surface area contributed by atoms with Crippen LogP contribution in [0.2, 0.25) is 0 Å². The van der Waals surface area contributed by atoms with Gasteiger partial charge in [-0.25, -0.2) is 4.98 Å². The van der Waals surface area contributed by atoms with Gasteiger partial charge in [-0.1, -0.05) is 30.3 Å². The summed E-state index contributed by atoms with van der Waals surface area (Å²) in [7, 11) is 4.17. The van der Waals surface area contributed by atoms with Gasteiger partial charge in [0.05, 0.1) is 11.8 Å². The molecule has 2 N–H and O–H groups in total. The lowest BCUT2D eigenvalue weighted by molar-refractivity contribution is 0.120. The van der Waals surface area contributed by atoms with E-state index in [1.165, 1.54) is 0 Å².